The van der Waals surface area contributed by atoms with Gasteiger partial charge in [-0.2, -0.15) is 0 Å². The van der Waals surface area contributed by atoms with Crippen LogP contribution in [0.3, 0.4) is 0 Å². The molecule has 0 radical (unpaired) electrons. The molecule has 2 aromatic carbocycles. The fourth-order valence-electron chi connectivity index (χ4n) is 5.03. The highest BCUT2D eigenvalue weighted by Gasteiger charge is 2.51. The Morgan fingerprint density at radius 2 is 1.86 bits per heavy atom. The van der Waals surface area contributed by atoms with Crippen molar-refractivity contribution >= 4 is 5.91 Å². The quantitative estimate of drug-likeness (QED) is 0.599. The average Bonchev–Trinajstić information content (AvgIpc) is 3.18. The van der Waals surface area contributed by atoms with Crippen LogP contribution in [0, 0.1) is 0 Å². The standard InChI is InChI=1S/C27H33NO9/c1-14(29)28-22-23(30)24-21(13-33-25(36-24)15-7-9-18(31-4)20(10-15)32-5)35-26(22)34-17-8-6-16-12-27(2,3)37-19(16)11-17/h6-11,21-26,30H,12-13H2,1-5H3,(H,28,29). The molecular formula is C27H33NO9. The van der Waals surface area contributed by atoms with E-state index in [4.69, 9.17) is 33.2 Å². The minimum Gasteiger partial charge on any atom is -0.493 e. The number of amides is 1. The van der Waals surface area contributed by atoms with Crippen LogP contribution in [0.15, 0.2) is 36.4 Å². The summed E-state index contributed by atoms with van der Waals surface area (Å²) in [4.78, 5) is 12.0. The Kier molecular flexibility index (Phi) is 6.93. The Morgan fingerprint density at radius 1 is 1.08 bits per heavy atom. The first kappa shape index (κ1) is 25.6. The Hall–Kier alpha value is -3.05. The first-order valence-corrected chi connectivity index (χ1v) is 12.3. The molecule has 0 saturated carbocycles. The number of hydrogen-bond donors (Lipinski definition) is 2. The van der Waals surface area contributed by atoms with E-state index in [0.29, 0.717) is 22.8 Å². The number of hydrogen-bond acceptors (Lipinski definition) is 9. The first-order chi connectivity index (χ1) is 17.7. The fraction of sp³-hybridized carbons (Fsp3) is 0.519. The molecular weight excluding hydrogens is 482 g/mol. The van der Waals surface area contributed by atoms with Crippen molar-refractivity contribution in [1.29, 1.82) is 0 Å². The van der Waals surface area contributed by atoms with E-state index < -0.39 is 36.9 Å². The summed E-state index contributed by atoms with van der Waals surface area (Å²) in [7, 11) is 3.10. The number of carbonyl (C=O) groups excluding carboxylic acids is 1. The van der Waals surface area contributed by atoms with Crippen LogP contribution in [0.2, 0.25) is 0 Å². The molecule has 37 heavy (non-hydrogen) atoms. The normalized spacial score (nSPS) is 29.9. The van der Waals surface area contributed by atoms with Gasteiger partial charge in [0.1, 0.15) is 41.5 Å². The molecule has 10 nitrogen and oxygen atoms in total. The van der Waals surface area contributed by atoms with E-state index in [0.717, 1.165) is 17.7 Å². The maximum atomic E-state index is 12.0. The fourth-order valence-corrected chi connectivity index (χ4v) is 5.03. The molecule has 200 valence electrons. The van der Waals surface area contributed by atoms with Crippen molar-refractivity contribution in [3.63, 3.8) is 0 Å². The molecule has 2 fully saturated rings. The van der Waals surface area contributed by atoms with Crippen molar-refractivity contribution in [3.8, 4) is 23.0 Å². The molecule has 2 N–H and O–H groups in total. The Bertz CT molecular complexity index is 1150. The molecule has 6 unspecified atom stereocenters. The van der Waals surface area contributed by atoms with Gasteiger partial charge in [-0.15, -0.1) is 0 Å². The molecule has 1 amide bonds. The first-order valence-electron chi connectivity index (χ1n) is 12.3. The van der Waals surface area contributed by atoms with Gasteiger partial charge in [0, 0.05) is 25.0 Å². The van der Waals surface area contributed by atoms with E-state index in [2.05, 4.69) is 5.32 Å². The summed E-state index contributed by atoms with van der Waals surface area (Å²) in [6, 6.07) is 10.0. The average molecular weight is 516 g/mol. The lowest BCUT2D eigenvalue weighted by Crippen LogP contribution is -2.67. The van der Waals surface area contributed by atoms with Gasteiger partial charge < -0.3 is 43.6 Å². The molecule has 0 spiro atoms. The summed E-state index contributed by atoms with van der Waals surface area (Å²) in [5.41, 5.74) is 1.50. The van der Waals surface area contributed by atoms with Gasteiger partial charge in [0.05, 0.1) is 20.8 Å². The van der Waals surface area contributed by atoms with Crippen molar-refractivity contribution < 1.29 is 43.1 Å². The molecule has 3 aliphatic heterocycles. The summed E-state index contributed by atoms with van der Waals surface area (Å²) in [6.45, 7) is 5.58. The number of fused-ring (bicyclic) bond motifs is 2. The maximum absolute atomic E-state index is 12.0. The topological polar surface area (TPSA) is 114 Å². The number of nitrogens with one attached hydrogen (secondary N) is 1. The molecule has 0 aromatic heterocycles. The molecule has 2 saturated heterocycles. The lowest BCUT2D eigenvalue weighted by atomic mass is 9.95. The molecule has 10 heteroatoms. The van der Waals surface area contributed by atoms with Crippen molar-refractivity contribution in [2.24, 2.45) is 0 Å². The summed E-state index contributed by atoms with van der Waals surface area (Å²) in [6.07, 6.45) is -3.46. The van der Waals surface area contributed by atoms with E-state index in [1.165, 1.54) is 6.92 Å². The third-order valence-electron chi connectivity index (χ3n) is 6.71. The molecule has 3 heterocycles. The lowest BCUT2D eigenvalue weighted by molar-refractivity contribution is -0.333. The second kappa shape index (κ2) is 10.0. The molecule has 5 rings (SSSR count). The summed E-state index contributed by atoms with van der Waals surface area (Å²) in [5, 5.41) is 14.1. The Labute approximate surface area is 215 Å². The van der Waals surface area contributed by atoms with E-state index in [1.54, 1.807) is 38.5 Å². The second-order valence-corrected chi connectivity index (χ2v) is 10.1. The van der Waals surface area contributed by atoms with Crippen LogP contribution in [-0.4, -0.2) is 68.1 Å². The van der Waals surface area contributed by atoms with Gasteiger partial charge in [-0.05, 0) is 37.6 Å². The van der Waals surface area contributed by atoms with Crippen LogP contribution < -0.4 is 24.3 Å². The lowest BCUT2D eigenvalue weighted by Gasteiger charge is -2.47. The molecule has 3 aliphatic rings. The zero-order valence-corrected chi connectivity index (χ0v) is 21.6. The van der Waals surface area contributed by atoms with E-state index in [1.807, 2.05) is 26.0 Å². The third kappa shape index (κ3) is 5.19. The summed E-state index contributed by atoms with van der Waals surface area (Å²) in [5.74, 6) is 2.02. The minimum atomic E-state index is -1.12. The third-order valence-corrected chi connectivity index (χ3v) is 6.71. The number of benzene rings is 2. The van der Waals surface area contributed by atoms with Crippen molar-refractivity contribution in [2.45, 2.75) is 69.7 Å². The Morgan fingerprint density at radius 3 is 2.59 bits per heavy atom. The van der Waals surface area contributed by atoms with Crippen LogP contribution in [0.1, 0.15) is 38.2 Å². The number of ether oxygens (including phenoxy) is 7. The van der Waals surface area contributed by atoms with E-state index >= 15 is 0 Å². The highest BCUT2D eigenvalue weighted by Crippen LogP contribution is 2.40. The molecule has 0 aliphatic carbocycles. The van der Waals surface area contributed by atoms with Crippen LogP contribution in [0.4, 0.5) is 0 Å². The molecule has 2 aromatic rings. The van der Waals surface area contributed by atoms with Crippen LogP contribution >= 0.6 is 0 Å². The van der Waals surface area contributed by atoms with E-state index in [-0.39, 0.29) is 18.1 Å². The van der Waals surface area contributed by atoms with Gasteiger partial charge in [-0.1, -0.05) is 12.1 Å². The number of aliphatic hydroxyl groups is 1. The van der Waals surface area contributed by atoms with Gasteiger partial charge in [0.2, 0.25) is 12.2 Å². The van der Waals surface area contributed by atoms with Crippen LogP contribution in [0.5, 0.6) is 23.0 Å². The Balaban J connectivity index is 1.34. The summed E-state index contributed by atoms with van der Waals surface area (Å²) >= 11 is 0. The van der Waals surface area contributed by atoms with Gasteiger partial charge in [-0.3, -0.25) is 4.79 Å². The second-order valence-electron chi connectivity index (χ2n) is 10.1. The highest BCUT2D eigenvalue weighted by atomic mass is 16.7. The largest absolute Gasteiger partial charge is 0.493 e. The number of rotatable bonds is 6. The van der Waals surface area contributed by atoms with Crippen LogP contribution in [-0.2, 0) is 25.4 Å². The number of aliphatic hydroxyl groups excluding tert-OH is 1. The zero-order chi connectivity index (χ0) is 26.3. The number of carbonyl (C=O) groups is 1. The van der Waals surface area contributed by atoms with Crippen molar-refractivity contribution in [1.82, 2.24) is 5.32 Å². The van der Waals surface area contributed by atoms with Crippen molar-refractivity contribution in [3.05, 3.63) is 47.5 Å². The predicted octanol–water partition coefficient (Wildman–Crippen LogP) is 2.50. The van der Waals surface area contributed by atoms with Crippen LogP contribution in [0.25, 0.3) is 0 Å². The van der Waals surface area contributed by atoms with Gasteiger partial charge in [0.25, 0.3) is 0 Å². The van der Waals surface area contributed by atoms with Gasteiger partial charge >= 0.3 is 0 Å². The number of methoxy groups -OCH3 is 2. The predicted molar refractivity (Wildman–Crippen MR) is 131 cm³/mol. The van der Waals surface area contributed by atoms with E-state index in [9.17, 15) is 9.90 Å². The zero-order valence-electron chi connectivity index (χ0n) is 21.6. The van der Waals surface area contributed by atoms with Gasteiger partial charge in [-0.25, -0.2) is 0 Å². The monoisotopic (exact) mass is 515 g/mol. The van der Waals surface area contributed by atoms with Crippen molar-refractivity contribution in [2.75, 3.05) is 20.8 Å². The van der Waals surface area contributed by atoms with Gasteiger partial charge in [0.15, 0.2) is 17.8 Å². The molecule has 6 atom stereocenters. The highest BCUT2D eigenvalue weighted by molar-refractivity contribution is 5.73. The summed E-state index contributed by atoms with van der Waals surface area (Å²) < 4.78 is 41.1. The smallest absolute Gasteiger partial charge is 0.223 e. The molecule has 0 bridgehead atoms. The SMILES string of the molecule is COc1ccc(C2OCC3OC(Oc4ccc5c(c4)OC(C)(C)C5)C(NC(C)=O)C(O)C3O2)cc1OC. The maximum Gasteiger partial charge on any atom is 0.223 e. The minimum absolute atomic E-state index is 0.148.